The van der Waals surface area contributed by atoms with Crippen molar-refractivity contribution < 1.29 is 31.5 Å². The second kappa shape index (κ2) is 7.97. The lowest BCUT2D eigenvalue weighted by molar-refractivity contribution is -0.191. The number of aliphatic carboxylic acids is 1. The average molecular weight is 448 g/mol. The third-order valence-corrected chi connectivity index (χ3v) is 7.55. The summed E-state index contributed by atoms with van der Waals surface area (Å²) in [4.78, 5) is 12.2. The predicted molar refractivity (Wildman–Crippen MR) is 100 cm³/mol. The van der Waals surface area contributed by atoms with Crippen LogP contribution in [0.2, 0.25) is 5.02 Å². The standard InChI is InChI=1S/C19H17ClF3NO4S/c20-14-8-4-5-9-16(14)29(27,28)13-10-15(18(25)26)24(11-13)17(19(21,22)23)12-6-2-1-3-7-12/h1-9,13,15,17H,10-11H2,(H,25,26)/t13-,15+,17?/m1/s1. The highest BCUT2D eigenvalue weighted by Crippen LogP contribution is 2.43. The topological polar surface area (TPSA) is 74.7 Å². The molecule has 1 unspecified atom stereocenters. The molecule has 10 heteroatoms. The SMILES string of the molecule is O=C(O)[C@@H]1C[C@@H](S(=O)(=O)c2ccccc2Cl)CN1C(c1ccccc1)C(F)(F)F. The zero-order chi connectivity index (χ0) is 21.4. The Morgan fingerprint density at radius 1 is 1.10 bits per heavy atom. The van der Waals surface area contributed by atoms with Gasteiger partial charge in [-0.2, -0.15) is 13.2 Å². The summed E-state index contributed by atoms with van der Waals surface area (Å²) in [5.41, 5.74) is -0.151. The Balaban J connectivity index is 2.03. The van der Waals surface area contributed by atoms with Crippen molar-refractivity contribution in [2.45, 2.75) is 34.8 Å². The number of alkyl halides is 3. The first-order valence-corrected chi connectivity index (χ1v) is 10.5. The summed E-state index contributed by atoms with van der Waals surface area (Å²) < 4.78 is 67.7. The van der Waals surface area contributed by atoms with Gasteiger partial charge < -0.3 is 5.11 Å². The van der Waals surface area contributed by atoms with E-state index < -0.39 is 52.3 Å². The largest absolute Gasteiger partial charge is 0.480 e. The van der Waals surface area contributed by atoms with Gasteiger partial charge >= 0.3 is 12.1 Å². The van der Waals surface area contributed by atoms with Gasteiger partial charge in [0.05, 0.1) is 15.2 Å². The minimum absolute atomic E-state index is 0.0618. The molecule has 0 saturated carbocycles. The van der Waals surface area contributed by atoms with E-state index in [1.807, 2.05) is 0 Å². The van der Waals surface area contributed by atoms with E-state index in [4.69, 9.17) is 11.6 Å². The number of nitrogens with zero attached hydrogens (tertiary/aromatic N) is 1. The van der Waals surface area contributed by atoms with Crippen molar-refractivity contribution in [2.24, 2.45) is 0 Å². The molecule has 3 rings (SSSR count). The van der Waals surface area contributed by atoms with E-state index in [9.17, 15) is 31.5 Å². The maximum atomic E-state index is 13.9. The Labute approximate surface area is 170 Å². The molecule has 1 aliphatic heterocycles. The molecule has 0 aliphatic carbocycles. The zero-order valence-electron chi connectivity index (χ0n) is 14.9. The van der Waals surface area contributed by atoms with E-state index >= 15 is 0 Å². The Hall–Kier alpha value is -2.10. The number of carbonyl (C=O) groups is 1. The third kappa shape index (κ3) is 4.26. The van der Waals surface area contributed by atoms with Crippen molar-refractivity contribution in [3.05, 3.63) is 65.2 Å². The highest BCUT2D eigenvalue weighted by molar-refractivity contribution is 7.92. The van der Waals surface area contributed by atoms with E-state index in [2.05, 4.69) is 0 Å². The van der Waals surface area contributed by atoms with Crippen LogP contribution in [0.1, 0.15) is 18.0 Å². The van der Waals surface area contributed by atoms with Crippen molar-refractivity contribution in [1.82, 2.24) is 4.90 Å². The first-order chi connectivity index (χ1) is 13.5. The van der Waals surface area contributed by atoms with Crippen molar-refractivity contribution in [2.75, 3.05) is 6.54 Å². The number of hydrogen-bond donors (Lipinski definition) is 1. The summed E-state index contributed by atoms with van der Waals surface area (Å²) in [6, 6.07) is 8.60. The number of carboxylic acids is 1. The van der Waals surface area contributed by atoms with Crippen LogP contribution in [0.15, 0.2) is 59.5 Å². The van der Waals surface area contributed by atoms with Crippen LogP contribution in [-0.2, 0) is 14.6 Å². The Morgan fingerprint density at radius 2 is 1.69 bits per heavy atom. The molecule has 0 radical (unpaired) electrons. The van der Waals surface area contributed by atoms with Crippen molar-refractivity contribution in [1.29, 1.82) is 0 Å². The Kier molecular flexibility index (Phi) is 5.93. The Morgan fingerprint density at radius 3 is 2.24 bits per heavy atom. The van der Waals surface area contributed by atoms with Crippen LogP contribution in [-0.4, -0.2) is 48.4 Å². The monoisotopic (exact) mass is 447 g/mol. The molecule has 1 heterocycles. The Bertz CT molecular complexity index is 998. The van der Waals surface area contributed by atoms with Gasteiger partial charge in [-0.1, -0.05) is 54.1 Å². The first-order valence-electron chi connectivity index (χ1n) is 8.62. The molecule has 0 bridgehead atoms. The molecule has 0 spiro atoms. The number of carboxylic acid groups (broad SMARTS) is 1. The van der Waals surface area contributed by atoms with Crippen LogP contribution < -0.4 is 0 Å². The fourth-order valence-corrected chi connectivity index (χ4v) is 5.86. The fourth-order valence-electron chi connectivity index (χ4n) is 3.63. The van der Waals surface area contributed by atoms with Crippen molar-refractivity contribution in [3.63, 3.8) is 0 Å². The van der Waals surface area contributed by atoms with Gasteiger partial charge in [-0.3, -0.25) is 9.69 Å². The summed E-state index contributed by atoms with van der Waals surface area (Å²) in [7, 11) is -4.13. The van der Waals surface area contributed by atoms with E-state index in [1.165, 1.54) is 48.5 Å². The third-order valence-electron chi connectivity index (χ3n) is 4.93. The minimum Gasteiger partial charge on any atom is -0.480 e. The number of halogens is 4. The van der Waals surface area contributed by atoms with E-state index in [-0.39, 0.29) is 15.5 Å². The molecule has 0 aromatic heterocycles. The van der Waals surface area contributed by atoms with Crippen molar-refractivity contribution >= 4 is 27.4 Å². The van der Waals surface area contributed by atoms with E-state index in [0.29, 0.717) is 4.90 Å². The van der Waals surface area contributed by atoms with Gasteiger partial charge in [0, 0.05) is 6.54 Å². The summed E-state index contributed by atoms with van der Waals surface area (Å²) in [5, 5.41) is 8.13. The molecular formula is C19H17ClF3NO4S. The molecule has 1 fully saturated rings. The molecule has 1 saturated heterocycles. The summed E-state index contributed by atoms with van der Waals surface area (Å²) in [5.74, 6) is -1.51. The summed E-state index contributed by atoms with van der Waals surface area (Å²) in [6.07, 6.45) is -5.26. The van der Waals surface area contributed by atoms with Gasteiger partial charge in [0.2, 0.25) is 0 Å². The van der Waals surface area contributed by atoms with Gasteiger partial charge in [0.15, 0.2) is 9.84 Å². The lowest BCUT2D eigenvalue weighted by Crippen LogP contribution is -2.45. The molecule has 5 nitrogen and oxygen atoms in total. The molecule has 1 N–H and O–H groups in total. The molecule has 0 amide bonds. The number of hydrogen-bond acceptors (Lipinski definition) is 4. The smallest absolute Gasteiger partial charge is 0.408 e. The van der Waals surface area contributed by atoms with Gasteiger partial charge in [-0.25, -0.2) is 8.42 Å². The highest BCUT2D eigenvalue weighted by atomic mass is 35.5. The molecule has 29 heavy (non-hydrogen) atoms. The number of rotatable bonds is 5. The normalized spacial score (nSPS) is 21.8. The molecular weight excluding hydrogens is 431 g/mol. The van der Waals surface area contributed by atoms with Crippen LogP contribution in [0, 0.1) is 0 Å². The van der Waals surface area contributed by atoms with Crippen molar-refractivity contribution in [3.8, 4) is 0 Å². The number of benzene rings is 2. The summed E-state index contributed by atoms with van der Waals surface area (Å²) in [6.45, 7) is -0.580. The quantitative estimate of drug-likeness (QED) is 0.751. The minimum atomic E-state index is -4.79. The van der Waals surface area contributed by atoms with Crippen LogP contribution in [0.3, 0.4) is 0 Å². The predicted octanol–water partition coefficient (Wildman–Crippen LogP) is 3.94. The molecule has 1 aliphatic rings. The van der Waals surface area contributed by atoms with Crippen LogP contribution in [0.5, 0.6) is 0 Å². The molecule has 2 aromatic carbocycles. The maximum absolute atomic E-state index is 13.9. The average Bonchev–Trinajstić information content (AvgIpc) is 3.07. The van der Waals surface area contributed by atoms with Gasteiger partial charge in [-0.05, 0) is 24.1 Å². The van der Waals surface area contributed by atoms with Gasteiger partial charge in [0.25, 0.3) is 0 Å². The van der Waals surface area contributed by atoms with Crippen LogP contribution >= 0.6 is 11.6 Å². The first kappa shape index (κ1) is 21.6. The lowest BCUT2D eigenvalue weighted by Gasteiger charge is -2.32. The van der Waals surface area contributed by atoms with E-state index in [1.54, 1.807) is 6.07 Å². The number of likely N-dealkylation sites (tertiary alicyclic amines) is 1. The molecule has 2 aromatic rings. The second-order valence-electron chi connectivity index (χ2n) is 6.74. The number of sulfone groups is 1. The van der Waals surface area contributed by atoms with Gasteiger partial charge in [-0.15, -0.1) is 0 Å². The molecule has 3 atom stereocenters. The second-order valence-corrected chi connectivity index (χ2v) is 9.34. The lowest BCUT2D eigenvalue weighted by atomic mass is 10.0. The highest BCUT2D eigenvalue weighted by Gasteiger charge is 2.54. The fraction of sp³-hybridized carbons (Fsp3) is 0.316. The summed E-state index contributed by atoms with van der Waals surface area (Å²) >= 11 is 5.96. The molecule has 156 valence electrons. The van der Waals surface area contributed by atoms with Crippen LogP contribution in [0.25, 0.3) is 0 Å². The maximum Gasteiger partial charge on any atom is 0.408 e. The van der Waals surface area contributed by atoms with E-state index in [0.717, 1.165) is 0 Å². The zero-order valence-corrected chi connectivity index (χ0v) is 16.5. The van der Waals surface area contributed by atoms with Gasteiger partial charge in [0.1, 0.15) is 12.1 Å². The van der Waals surface area contributed by atoms with Crippen LogP contribution in [0.4, 0.5) is 13.2 Å².